The van der Waals surface area contributed by atoms with Gasteiger partial charge in [-0.25, -0.2) is 0 Å². The fraction of sp³-hybridized carbons (Fsp3) is 0.133. The number of fused-ring (bicyclic) bond motifs is 1. The summed E-state index contributed by atoms with van der Waals surface area (Å²) in [5.74, 6) is 0. The largest absolute Gasteiger partial charge is 0.0990 e. The maximum atomic E-state index is 6.47. The van der Waals surface area contributed by atoms with Gasteiger partial charge in [0.25, 0.3) is 0 Å². The van der Waals surface area contributed by atoms with Crippen LogP contribution in [0.25, 0.3) is 39.6 Å². The molecule has 0 aliphatic rings. The number of hydrogen-bond donors (Lipinski definition) is 0. The van der Waals surface area contributed by atoms with E-state index in [1.165, 1.54) is 0 Å². The number of hydrogen-bond acceptors (Lipinski definition) is 0. The molecule has 0 unspecified atom stereocenters. The van der Waals surface area contributed by atoms with Crippen LogP contribution in [0.3, 0.4) is 0 Å². The Morgan fingerprint density at radius 2 is 1.55 bits per heavy atom. The molecule has 0 N–H and O–H groups in total. The lowest BCUT2D eigenvalue weighted by Crippen LogP contribution is -1.98. The van der Waals surface area contributed by atoms with Gasteiger partial charge in [-0.2, -0.15) is 0 Å². The molecule has 3 aromatic carbocycles. The second-order valence-corrected chi connectivity index (χ2v) is 7.26. The smallest absolute Gasteiger partial charge is 0.0441 e. The van der Waals surface area contributed by atoms with Gasteiger partial charge < -0.3 is 0 Å². The molecule has 0 spiro atoms. The highest BCUT2D eigenvalue weighted by molar-refractivity contribution is 6.31. The first-order valence-electron chi connectivity index (χ1n) is 10.6. The standard InChI is InChI=1S/C28H25Cl.C2H6/c1-6-12-20(13-7-2)27-22(8-3)23(9-4)28(25-15-11-10-14-24(25)27)21-17-16-19(5)26(29)18-21;1-2/h6-18H,1,3-4H2,2,5H3;1-2H3/b13-7-,20-12+;. The molecule has 158 valence electrons. The van der Waals surface area contributed by atoms with E-state index in [2.05, 4.69) is 62.2 Å². The summed E-state index contributed by atoms with van der Waals surface area (Å²) in [5.41, 5.74) is 7.57. The van der Waals surface area contributed by atoms with Gasteiger partial charge in [-0.1, -0.05) is 118 Å². The van der Waals surface area contributed by atoms with Gasteiger partial charge in [0.1, 0.15) is 0 Å². The molecule has 0 fully saturated rings. The summed E-state index contributed by atoms with van der Waals surface area (Å²) in [6, 6.07) is 14.7. The van der Waals surface area contributed by atoms with E-state index in [1.54, 1.807) is 0 Å². The van der Waals surface area contributed by atoms with Crippen LogP contribution in [-0.4, -0.2) is 0 Å². The summed E-state index contributed by atoms with van der Waals surface area (Å²) in [6.45, 7) is 20.2. The number of allylic oxidation sites excluding steroid dienone is 5. The predicted octanol–water partition coefficient (Wildman–Crippen LogP) is 9.93. The van der Waals surface area contributed by atoms with E-state index in [9.17, 15) is 0 Å². The van der Waals surface area contributed by atoms with Crippen LogP contribution >= 0.6 is 11.6 Å². The molecule has 0 aromatic heterocycles. The van der Waals surface area contributed by atoms with E-state index >= 15 is 0 Å². The third kappa shape index (κ3) is 4.81. The zero-order chi connectivity index (χ0) is 23.0. The van der Waals surface area contributed by atoms with Gasteiger partial charge in [0.15, 0.2) is 0 Å². The molecular weight excluding hydrogens is 396 g/mol. The lowest BCUT2D eigenvalue weighted by molar-refractivity contribution is 1.47. The number of rotatable bonds is 6. The van der Waals surface area contributed by atoms with Crippen LogP contribution in [0.15, 0.2) is 86.5 Å². The zero-order valence-electron chi connectivity index (χ0n) is 19.0. The molecular formula is C30H31Cl. The summed E-state index contributed by atoms with van der Waals surface area (Å²) in [5, 5.41) is 3.07. The van der Waals surface area contributed by atoms with Crippen molar-refractivity contribution in [1.29, 1.82) is 0 Å². The number of benzene rings is 3. The van der Waals surface area contributed by atoms with Crippen molar-refractivity contribution < 1.29 is 0 Å². The molecule has 0 nitrogen and oxygen atoms in total. The van der Waals surface area contributed by atoms with E-state index in [-0.39, 0.29) is 0 Å². The van der Waals surface area contributed by atoms with Crippen molar-refractivity contribution in [3.05, 3.63) is 114 Å². The van der Waals surface area contributed by atoms with E-state index in [1.807, 2.05) is 64.1 Å². The SMILES string of the molecule is C=C/C=C(\C=C/C)c1c(C=C)c(C=C)c(-c2ccc(C)c(Cl)c2)c2ccccc12.CC. The fourth-order valence-electron chi connectivity index (χ4n) is 3.80. The quantitative estimate of drug-likeness (QED) is 0.344. The van der Waals surface area contributed by atoms with E-state index in [0.717, 1.165) is 54.7 Å². The van der Waals surface area contributed by atoms with Crippen LogP contribution in [0.2, 0.25) is 5.02 Å². The van der Waals surface area contributed by atoms with Crippen molar-refractivity contribution in [1.82, 2.24) is 0 Å². The Balaban J connectivity index is 0.00000166. The summed E-state index contributed by atoms with van der Waals surface area (Å²) in [4.78, 5) is 0. The predicted molar refractivity (Wildman–Crippen MR) is 144 cm³/mol. The Morgan fingerprint density at radius 1 is 0.903 bits per heavy atom. The van der Waals surface area contributed by atoms with Gasteiger partial charge in [0, 0.05) is 5.02 Å². The molecule has 0 aliphatic carbocycles. The van der Waals surface area contributed by atoms with Gasteiger partial charge >= 0.3 is 0 Å². The molecule has 1 heteroatoms. The van der Waals surface area contributed by atoms with Gasteiger partial charge in [-0.15, -0.1) is 0 Å². The van der Waals surface area contributed by atoms with Crippen LogP contribution in [0, 0.1) is 6.92 Å². The van der Waals surface area contributed by atoms with Gasteiger partial charge in [-0.3, -0.25) is 0 Å². The van der Waals surface area contributed by atoms with Gasteiger partial charge in [0.2, 0.25) is 0 Å². The third-order valence-electron chi connectivity index (χ3n) is 5.10. The Labute approximate surface area is 192 Å². The molecule has 0 saturated heterocycles. The summed E-state index contributed by atoms with van der Waals surface area (Å²) >= 11 is 6.47. The topological polar surface area (TPSA) is 0 Å². The first kappa shape index (κ1) is 24.2. The van der Waals surface area contributed by atoms with Crippen molar-refractivity contribution in [2.24, 2.45) is 0 Å². The molecule has 0 bridgehead atoms. The molecule has 0 atom stereocenters. The molecule has 0 heterocycles. The molecule has 0 saturated carbocycles. The van der Waals surface area contributed by atoms with Crippen molar-refractivity contribution in [3.63, 3.8) is 0 Å². The van der Waals surface area contributed by atoms with Crippen LogP contribution in [0.4, 0.5) is 0 Å². The highest BCUT2D eigenvalue weighted by atomic mass is 35.5. The minimum absolute atomic E-state index is 0.756. The molecule has 31 heavy (non-hydrogen) atoms. The number of halogens is 1. The average Bonchev–Trinajstić information content (AvgIpc) is 2.80. The molecule has 0 radical (unpaired) electrons. The first-order valence-corrected chi connectivity index (χ1v) is 11.0. The zero-order valence-corrected chi connectivity index (χ0v) is 19.8. The molecule has 3 rings (SSSR count). The molecule has 0 amide bonds. The average molecular weight is 427 g/mol. The second kappa shape index (κ2) is 11.3. The van der Waals surface area contributed by atoms with E-state index in [4.69, 9.17) is 11.6 Å². The van der Waals surface area contributed by atoms with Crippen LogP contribution in [-0.2, 0) is 0 Å². The monoisotopic (exact) mass is 426 g/mol. The molecule has 0 aliphatic heterocycles. The van der Waals surface area contributed by atoms with Crippen molar-refractivity contribution in [2.75, 3.05) is 0 Å². The van der Waals surface area contributed by atoms with Crippen molar-refractivity contribution in [2.45, 2.75) is 27.7 Å². The maximum absolute atomic E-state index is 6.47. The lowest BCUT2D eigenvalue weighted by Gasteiger charge is -2.21. The Hall–Kier alpha value is -3.09. The maximum Gasteiger partial charge on any atom is 0.0441 e. The van der Waals surface area contributed by atoms with E-state index < -0.39 is 0 Å². The minimum atomic E-state index is 0.756. The fourth-order valence-corrected chi connectivity index (χ4v) is 3.98. The summed E-state index contributed by atoms with van der Waals surface area (Å²) in [6.07, 6.45) is 11.8. The third-order valence-corrected chi connectivity index (χ3v) is 5.50. The lowest BCUT2D eigenvalue weighted by atomic mass is 9.83. The summed E-state index contributed by atoms with van der Waals surface area (Å²) in [7, 11) is 0. The second-order valence-electron chi connectivity index (χ2n) is 6.85. The van der Waals surface area contributed by atoms with Crippen molar-refractivity contribution >= 4 is 40.1 Å². The highest BCUT2D eigenvalue weighted by Crippen LogP contribution is 2.42. The summed E-state index contributed by atoms with van der Waals surface area (Å²) < 4.78 is 0. The minimum Gasteiger partial charge on any atom is -0.0990 e. The van der Waals surface area contributed by atoms with Crippen LogP contribution in [0.5, 0.6) is 0 Å². The Bertz CT molecular complexity index is 1170. The Morgan fingerprint density at radius 3 is 2.10 bits per heavy atom. The first-order chi connectivity index (χ1) is 15.1. The van der Waals surface area contributed by atoms with Gasteiger partial charge in [0.05, 0.1) is 0 Å². The molecule has 3 aromatic rings. The van der Waals surface area contributed by atoms with Crippen molar-refractivity contribution in [3.8, 4) is 11.1 Å². The Kier molecular flexibility index (Phi) is 8.85. The van der Waals surface area contributed by atoms with Gasteiger partial charge in [-0.05, 0) is 69.6 Å². The highest BCUT2D eigenvalue weighted by Gasteiger charge is 2.19. The van der Waals surface area contributed by atoms with Crippen LogP contribution in [0.1, 0.15) is 43.0 Å². The van der Waals surface area contributed by atoms with Crippen LogP contribution < -0.4 is 0 Å². The normalized spacial score (nSPS) is 11.2. The van der Waals surface area contributed by atoms with E-state index in [0.29, 0.717) is 0 Å². The number of aryl methyl sites for hydroxylation is 1.